The Morgan fingerprint density at radius 3 is 2.35 bits per heavy atom. The zero-order valence-electron chi connectivity index (χ0n) is 12.2. The molecule has 1 aliphatic rings. The lowest BCUT2D eigenvalue weighted by atomic mass is 9.83. The molecule has 1 fully saturated rings. The Hall–Kier alpha value is -0.0800. The van der Waals surface area contributed by atoms with Gasteiger partial charge >= 0.3 is 0 Å². The van der Waals surface area contributed by atoms with Gasteiger partial charge in [-0.05, 0) is 44.1 Å². The van der Waals surface area contributed by atoms with Crippen LogP contribution >= 0.6 is 0 Å². The molecule has 0 aromatic heterocycles. The fraction of sp³-hybridized carbons (Fsp3) is 1.00. The highest BCUT2D eigenvalue weighted by molar-refractivity contribution is 4.76. The Kier molecular flexibility index (Phi) is 7.14. The summed E-state index contributed by atoms with van der Waals surface area (Å²) in [4.78, 5) is 0. The smallest absolute Gasteiger partial charge is 0.0621 e. The highest BCUT2D eigenvalue weighted by Gasteiger charge is 2.20. The van der Waals surface area contributed by atoms with Crippen LogP contribution in [0, 0.1) is 17.8 Å². The lowest BCUT2D eigenvalue weighted by Gasteiger charge is -2.29. The maximum Gasteiger partial charge on any atom is 0.0621 e. The molecular weight excluding hydrogens is 210 g/mol. The van der Waals surface area contributed by atoms with Crippen molar-refractivity contribution in [2.45, 2.75) is 59.4 Å². The zero-order valence-corrected chi connectivity index (χ0v) is 12.2. The van der Waals surface area contributed by atoms with Crippen LogP contribution in [0.4, 0.5) is 0 Å². The van der Waals surface area contributed by atoms with Crippen molar-refractivity contribution in [3.63, 3.8) is 0 Å². The summed E-state index contributed by atoms with van der Waals surface area (Å²) in [5.74, 6) is 2.51. The molecule has 0 bridgehead atoms. The second kappa shape index (κ2) is 8.10. The van der Waals surface area contributed by atoms with Gasteiger partial charge in [-0.3, -0.25) is 0 Å². The van der Waals surface area contributed by atoms with Gasteiger partial charge < -0.3 is 10.1 Å². The van der Waals surface area contributed by atoms with E-state index in [0.29, 0.717) is 12.0 Å². The third-order valence-corrected chi connectivity index (χ3v) is 4.11. The van der Waals surface area contributed by atoms with Crippen LogP contribution in [-0.2, 0) is 4.74 Å². The monoisotopic (exact) mass is 241 g/mol. The molecule has 2 nitrogen and oxygen atoms in total. The third kappa shape index (κ3) is 5.87. The first-order valence-electron chi connectivity index (χ1n) is 7.44. The highest BCUT2D eigenvalue weighted by atomic mass is 16.5. The van der Waals surface area contributed by atoms with E-state index >= 15 is 0 Å². The van der Waals surface area contributed by atoms with E-state index in [0.717, 1.165) is 25.0 Å². The van der Waals surface area contributed by atoms with Crippen molar-refractivity contribution in [3.8, 4) is 0 Å². The van der Waals surface area contributed by atoms with Gasteiger partial charge in [-0.2, -0.15) is 0 Å². The van der Waals surface area contributed by atoms with E-state index in [-0.39, 0.29) is 0 Å². The Morgan fingerprint density at radius 2 is 1.82 bits per heavy atom. The predicted molar refractivity (Wildman–Crippen MR) is 74.2 cm³/mol. The van der Waals surface area contributed by atoms with Crippen LogP contribution in [0.3, 0.4) is 0 Å². The standard InChI is InChI=1S/C15H31NO/c1-5-17-11-15(12(2)3)16-10-14-8-6-13(4)7-9-14/h12-16H,5-11H2,1-4H3. The molecule has 1 unspecified atom stereocenters. The lowest BCUT2D eigenvalue weighted by molar-refractivity contribution is 0.105. The Balaban J connectivity index is 2.21. The van der Waals surface area contributed by atoms with Crippen molar-refractivity contribution in [2.75, 3.05) is 19.8 Å². The molecule has 1 aliphatic carbocycles. The van der Waals surface area contributed by atoms with E-state index in [4.69, 9.17) is 4.74 Å². The SMILES string of the molecule is CCOCC(NCC1CCC(C)CC1)C(C)C. The van der Waals surface area contributed by atoms with Crippen LogP contribution in [0.2, 0.25) is 0 Å². The molecule has 0 aromatic carbocycles. The number of nitrogens with one attached hydrogen (secondary N) is 1. The van der Waals surface area contributed by atoms with E-state index < -0.39 is 0 Å². The summed E-state index contributed by atoms with van der Waals surface area (Å²) in [5.41, 5.74) is 0. The van der Waals surface area contributed by atoms with Crippen molar-refractivity contribution in [1.82, 2.24) is 5.32 Å². The van der Waals surface area contributed by atoms with Crippen molar-refractivity contribution in [2.24, 2.45) is 17.8 Å². The summed E-state index contributed by atoms with van der Waals surface area (Å²) in [6.07, 6.45) is 5.66. The van der Waals surface area contributed by atoms with E-state index in [2.05, 4.69) is 33.0 Å². The highest BCUT2D eigenvalue weighted by Crippen LogP contribution is 2.27. The lowest BCUT2D eigenvalue weighted by Crippen LogP contribution is -2.41. The summed E-state index contributed by atoms with van der Waals surface area (Å²) in [6, 6.07) is 0.522. The average Bonchev–Trinajstić information content (AvgIpc) is 2.31. The molecule has 0 spiro atoms. The van der Waals surface area contributed by atoms with Crippen LogP contribution in [0.5, 0.6) is 0 Å². The minimum Gasteiger partial charge on any atom is -0.380 e. The molecule has 102 valence electrons. The second-order valence-electron chi connectivity index (χ2n) is 6.04. The minimum absolute atomic E-state index is 0.522. The van der Waals surface area contributed by atoms with E-state index in [1.165, 1.54) is 32.2 Å². The van der Waals surface area contributed by atoms with Gasteiger partial charge in [-0.25, -0.2) is 0 Å². The van der Waals surface area contributed by atoms with Crippen molar-refractivity contribution < 1.29 is 4.74 Å². The van der Waals surface area contributed by atoms with Gasteiger partial charge in [0.25, 0.3) is 0 Å². The molecule has 0 saturated heterocycles. The average molecular weight is 241 g/mol. The van der Waals surface area contributed by atoms with Crippen LogP contribution in [-0.4, -0.2) is 25.8 Å². The molecule has 17 heavy (non-hydrogen) atoms. The molecule has 2 heteroatoms. The summed E-state index contributed by atoms with van der Waals surface area (Å²) < 4.78 is 5.55. The maximum absolute atomic E-state index is 5.55. The molecule has 1 saturated carbocycles. The predicted octanol–water partition coefficient (Wildman–Crippen LogP) is 3.46. The van der Waals surface area contributed by atoms with Gasteiger partial charge in [0.05, 0.1) is 6.61 Å². The number of ether oxygens (including phenoxy) is 1. The molecule has 0 aromatic rings. The molecule has 0 aliphatic heterocycles. The van der Waals surface area contributed by atoms with Crippen LogP contribution < -0.4 is 5.32 Å². The third-order valence-electron chi connectivity index (χ3n) is 4.11. The van der Waals surface area contributed by atoms with Gasteiger partial charge in [0.15, 0.2) is 0 Å². The largest absolute Gasteiger partial charge is 0.380 e. The molecule has 0 heterocycles. The van der Waals surface area contributed by atoms with Gasteiger partial charge in [-0.1, -0.05) is 33.6 Å². The first kappa shape index (κ1) is 15.0. The van der Waals surface area contributed by atoms with Gasteiger partial charge in [0.1, 0.15) is 0 Å². The van der Waals surface area contributed by atoms with Crippen LogP contribution in [0.15, 0.2) is 0 Å². The van der Waals surface area contributed by atoms with Gasteiger partial charge in [0.2, 0.25) is 0 Å². The van der Waals surface area contributed by atoms with Gasteiger partial charge in [-0.15, -0.1) is 0 Å². The number of hydrogen-bond donors (Lipinski definition) is 1. The maximum atomic E-state index is 5.55. The molecule has 0 radical (unpaired) electrons. The molecule has 0 amide bonds. The summed E-state index contributed by atoms with van der Waals surface area (Å²) in [5, 5.41) is 3.71. The number of rotatable bonds is 7. The normalized spacial score (nSPS) is 27.4. The Labute approximate surface area is 108 Å². The molecule has 1 atom stereocenters. The Bertz CT molecular complexity index is 185. The molecular formula is C15H31NO. The van der Waals surface area contributed by atoms with Crippen LogP contribution in [0.25, 0.3) is 0 Å². The van der Waals surface area contributed by atoms with E-state index in [1.54, 1.807) is 0 Å². The number of hydrogen-bond acceptors (Lipinski definition) is 2. The molecule has 1 N–H and O–H groups in total. The van der Waals surface area contributed by atoms with Crippen molar-refractivity contribution in [1.29, 1.82) is 0 Å². The van der Waals surface area contributed by atoms with E-state index in [9.17, 15) is 0 Å². The Morgan fingerprint density at radius 1 is 1.18 bits per heavy atom. The summed E-state index contributed by atoms with van der Waals surface area (Å²) >= 11 is 0. The zero-order chi connectivity index (χ0) is 12.7. The van der Waals surface area contributed by atoms with Crippen molar-refractivity contribution >= 4 is 0 Å². The summed E-state index contributed by atoms with van der Waals surface area (Å²) in [6.45, 7) is 11.9. The first-order chi connectivity index (χ1) is 8.13. The fourth-order valence-corrected chi connectivity index (χ4v) is 2.58. The second-order valence-corrected chi connectivity index (χ2v) is 6.04. The van der Waals surface area contributed by atoms with Crippen molar-refractivity contribution in [3.05, 3.63) is 0 Å². The molecule has 1 rings (SSSR count). The first-order valence-corrected chi connectivity index (χ1v) is 7.44. The minimum atomic E-state index is 0.522. The summed E-state index contributed by atoms with van der Waals surface area (Å²) in [7, 11) is 0. The van der Waals surface area contributed by atoms with Gasteiger partial charge in [0, 0.05) is 12.6 Å². The quantitative estimate of drug-likeness (QED) is 0.737. The van der Waals surface area contributed by atoms with E-state index in [1.807, 2.05) is 0 Å². The van der Waals surface area contributed by atoms with Crippen LogP contribution in [0.1, 0.15) is 53.4 Å². The topological polar surface area (TPSA) is 21.3 Å². The fourth-order valence-electron chi connectivity index (χ4n) is 2.58.